The van der Waals surface area contributed by atoms with Gasteiger partial charge in [0.05, 0.1) is 89.6 Å². The highest BCUT2D eigenvalue weighted by molar-refractivity contribution is 7.84. The Kier molecular flexibility index (Phi) is 20.9. The molecule has 0 aromatic heterocycles. The molecule has 88 heavy (non-hydrogen) atoms. The van der Waals surface area contributed by atoms with Crippen molar-refractivity contribution in [2.24, 2.45) is 10.8 Å². The molecule has 35 nitrogen and oxygen atoms in total. The molecule has 2 saturated heterocycles. The molecule has 0 bridgehead atoms. The van der Waals surface area contributed by atoms with Crippen LogP contribution in [0.5, 0.6) is 0 Å². The number of carboxylic acid groups (broad SMARTS) is 2. The summed E-state index contributed by atoms with van der Waals surface area (Å²) in [5, 5.41) is 76.8. The van der Waals surface area contributed by atoms with Crippen LogP contribution in [0.2, 0.25) is 0 Å². The molecule has 0 aromatic carbocycles. The zero-order valence-corrected chi connectivity index (χ0v) is 56.1. The Hall–Kier alpha value is -2.99. The summed E-state index contributed by atoms with van der Waals surface area (Å²) in [6, 6.07) is 0. The lowest BCUT2D eigenvalue weighted by Gasteiger charge is -2.69. The van der Waals surface area contributed by atoms with Crippen molar-refractivity contribution in [3.8, 4) is 0 Å². The molecule has 0 spiro atoms. The molecule has 2 fully saturated rings. The highest BCUT2D eigenvalue weighted by Gasteiger charge is 2.76. The third-order valence-corrected chi connectivity index (χ3v) is 23.2. The van der Waals surface area contributed by atoms with Crippen LogP contribution in [0.4, 0.5) is 0 Å². The fourth-order valence-electron chi connectivity index (χ4n) is 12.3. The molecule has 516 valence electrons. The van der Waals surface area contributed by atoms with Crippen molar-refractivity contribution in [1.29, 1.82) is 0 Å². The second kappa shape index (κ2) is 23.2. The Bertz CT molecular complexity index is 3400. The van der Waals surface area contributed by atoms with Crippen molar-refractivity contribution >= 4 is 63.7 Å². The number of ether oxygens (including phenoxy) is 6. The van der Waals surface area contributed by atoms with E-state index in [1.165, 1.54) is 69.2 Å². The first-order valence-corrected chi connectivity index (χ1v) is 32.9. The number of carboxylic acids is 2. The highest BCUT2D eigenvalue weighted by atomic mass is 32.3. The predicted octanol–water partition coefficient (Wildman–Crippen LogP) is -1.99. The average Bonchev–Trinajstić information content (AvgIpc) is 0.703. The number of aliphatic hydroxyl groups excluding tert-OH is 1. The summed E-state index contributed by atoms with van der Waals surface area (Å²) in [5.41, 5.74) is -35.4. The summed E-state index contributed by atoms with van der Waals surface area (Å²) in [6.45, 7) is 18.5. The molecule has 14 atom stereocenters. The van der Waals surface area contributed by atoms with Crippen molar-refractivity contribution in [2.75, 3.05) is 39.6 Å². The van der Waals surface area contributed by atoms with Gasteiger partial charge in [0.25, 0.3) is 0 Å². The monoisotopic (exact) mass is 1370 g/mol. The average molecular weight is 1370 g/mol. The van der Waals surface area contributed by atoms with Gasteiger partial charge in [0, 0.05) is 11.1 Å². The molecule has 0 aliphatic carbocycles. The summed E-state index contributed by atoms with van der Waals surface area (Å²) >= 11 is 0. The van der Waals surface area contributed by atoms with Gasteiger partial charge in [0.1, 0.15) is 16.8 Å². The Morgan fingerprint density at radius 2 is 0.739 bits per heavy atom. The van der Waals surface area contributed by atoms with Gasteiger partial charge >= 0.3 is 11.9 Å². The molecule has 4 aliphatic heterocycles. The Morgan fingerprint density at radius 1 is 0.455 bits per heavy atom. The standard InChI is InChI=1S/C24H43NO18S3.C24H43NO15S2/c1-14-15(16(26)27)41-20(6,24(10,21(14,7)28)43-46(36,37)38)12-39-11-18(4)19(5,13-40-45(33,34)35)42-17(2,3)22(8,23(18,9)29)25-44(30,31)32;1-14-15(16(27)28)38-20(6,24(10,21(14,7)29)40-42(34,35)36)13-37-12-18(4)19(5,11-26)39-17(2,3)22(8,23(18,9)30)25-41(31,32)33/h25,28-29H,11-13H2,1-10H3,(H,26,27)(H,30,31,32)(H,33,34,35)(H,36,37,38);25-26,29-30H,11-13H2,1-10H3,(H,27,28)(H,31,32,33)(H,34,35,36)/p-5. The van der Waals surface area contributed by atoms with Crippen LogP contribution >= 0.6 is 0 Å². The molecule has 0 saturated carbocycles. The molecule has 9 N–H and O–H groups in total. The summed E-state index contributed by atoms with van der Waals surface area (Å²) in [6.07, 6.45) is 0. The minimum Gasteiger partial charge on any atom is -0.735 e. The number of hydrogen-bond acceptors (Lipinski definition) is 31. The number of nitrogens with one attached hydrogen (secondary N) is 2. The summed E-state index contributed by atoms with van der Waals surface area (Å²) < 4.78 is 229. The smallest absolute Gasteiger partial charge is 0.371 e. The second-order valence-corrected chi connectivity index (χ2v) is 31.3. The maximum Gasteiger partial charge on any atom is 0.371 e. The maximum atomic E-state index is 12.2. The number of aliphatic hydroxyl groups is 5. The van der Waals surface area contributed by atoms with Gasteiger partial charge in [-0.25, -0.2) is 61.1 Å². The van der Waals surface area contributed by atoms with Crippen LogP contribution in [0.15, 0.2) is 22.7 Å². The normalized spacial score (nSPS) is 41.5. The zero-order valence-electron chi connectivity index (χ0n) is 52.0. The molecule has 4 aliphatic rings. The van der Waals surface area contributed by atoms with E-state index < -0.39 is 210 Å². The predicted molar refractivity (Wildman–Crippen MR) is 291 cm³/mol. The minimum absolute atomic E-state index is 0.357. The lowest BCUT2D eigenvalue weighted by atomic mass is 9.52. The first-order chi connectivity index (χ1) is 38.3. The quantitative estimate of drug-likeness (QED) is 0.0418. The minimum atomic E-state index is -5.62. The van der Waals surface area contributed by atoms with Gasteiger partial charge in [0.2, 0.25) is 42.7 Å². The van der Waals surface area contributed by atoms with E-state index in [1.807, 2.05) is 9.44 Å². The van der Waals surface area contributed by atoms with Crippen molar-refractivity contribution in [1.82, 2.24) is 9.44 Å². The molecule has 0 amide bonds. The van der Waals surface area contributed by atoms with Crippen molar-refractivity contribution in [3.63, 3.8) is 0 Å². The third-order valence-electron chi connectivity index (χ3n) is 20.4. The van der Waals surface area contributed by atoms with E-state index in [0.717, 1.165) is 69.2 Å². The molecule has 14 unspecified atom stereocenters. The zero-order chi connectivity index (χ0) is 70.0. The SMILES string of the molecule is CC1=C(C(=O)O)OC(C)(COCC2(C)C(C)(CO)OC(C)(C)C(C)(NS(=O)(=O)[O-])C2(C)O)C(C)(OS(=O)(=O)[O-])C1(C)O.CC1=C(C(=O)O)OC(C)(COCC2(C)C(C)(COS(=O)(=O)[O-])OC(C)(C)C(C)(NS(=O)(=O)[O-])C2(C)O)C(C)(OS(=O)(=O)[O-])C1(C)O. The van der Waals surface area contributed by atoms with Gasteiger partial charge in [-0.15, -0.1) is 0 Å². The van der Waals surface area contributed by atoms with Gasteiger partial charge in [-0.2, -0.15) is 0 Å². The van der Waals surface area contributed by atoms with Crippen molar-refractivity contribution in [3.05, 3.63) is 22.7 Å². The number of carbonyl (C=O) groups is 2. The molecular formula is C48H81N2O33S5-5. The van der Waals surface area contributed by atoms with Crippen LogP contribution < -0.4 is 9.44 Å². The van der Waals surface area contributed by atoms with Gasteiger partial charge < -0.3 is 86.9 Å². The van der Waals surface area contributed by atoms with Crippen molar-refractivity contribution in [2.45, 2.75) is 217 Å². The lowest BCUT2D eigenvalue weighted by molar-refractivity contribution is -0.353. The van der Waals surface area contributed by atoms with Crippen LogP contribution in [0.3, 0.4) is 0 Å². The van der Waals surface area contributed by atoms with E-state index >= 15 is 0 Å². The maximum absolute atomic E-state index is 12.2. The highest BCUT2D eigenvalue weighted by Crippen LogP contribution is 2.61. The topological polar surface area (TPSA) is 569 Å². The van der Waals surface area contributed by atoms with Gasteiger partial charge in [0.15, 0.2) is 43.0 Å². The largest absolute Gasteiger partial charge is 0.735 e. The fraction of sp³-hybridized carbons (Fsp3) is 0.875. The summed E-state index contributed by atoms with van der Waals surface area (Å²) in [7, 11) is -27.1. The van der Waals surface area contributed by atoms with E-state index in [9.17, 15) is 110 Å². The fourth-order valence-corrected chi connectivity index (χ4v) is 16.1. The number of rotatable bonds is 22. The third kappa shape index (κ3) is 13.3. The van der Waals surface area contributed by atoms with Crippen LogP contribution in [-0.2, 0) is 102 Å². The van der Waals surface area contributed by atoms with Crippen LogP contribution in [0.1, 0.15) is 138 Å². The van der Waals surface area contributed by atoms with Crippen LogP contribution in [0.25, 0.3) is 0 Å². The molecular weight excluding hydrogens is 1290 g/mol. The number of aliphatic carboxylic acids is 2. The summed E-state index contributed by atoms with van der Waals surface area (Å²) in [5.74, 6) is -4.94. The Balaban J connectivity index is 0.000000462. The van der Waals surface area contributed by atoms with Gasteiger partial charge in [-0.1, -0.05) is 13.8 Å². The van der Waals surface area contributed by atoms with E-state index in [0.29, 0.717) is 0 Å². The van der Waals surface area contributed by atoms with Crippen LogP contribution in [0, 0.1) is 10.8 Å². The van der Waals surface area contributed by atoms with E-state index in [4.69, 9.17) is 36.8 Å². The second-order valence-electron chi connectivity index (χ2n) is 26.1. The van der Waals surface area contributed by atoms with Crippen LogP contribution in [-0.4, -0.2) is 230 Å². The van der Waals surface area contributed by atoms with E-state index in [1.54, 1.807) is 0 Å². The van der Waals surface area contributed by atoms with Gasteiger partial charge in [-0.05, 0) is 125 Å². The summed E-state index contributed by atoms with van der Waals surface area (Å²) in [4.78, 5) is 24.0. The number of hydrogen-bond donors (Lipinski definition) is 9. The molecule has 4 heterocycles. The Labute approximate surface area is 512 Å². The Morgan fingerprint density at radius 3 is 0.989 bits per heavy atom. The molecule has 0 radical (unpaired) electrons. The molecule has 4 rings (SSSR count). The first-order valence-electron chi connectivity index (χ1n) is 26.1. The lowest BCUT2D eigenvalue weighted by Crippen LogP contribution is -2.85. The molecule has 40 heteroatoms. The van der Waals surface area contributed by atoms with E-state index in [2.05, 4.69) is 4.18 Å². The van der Waals surface area contributed by atoms with E-state index in [-0.39, 0.29) is 5.57 Å². The van der Waals surface area contributed by atoms with Crippen molar-refractivity contribution < 1.29 is 151 Å². The first kappa shape index (κ1) is 79.2. The molecule has 0 aromatic rings. The van der Waals surface area contributed by atoms with Gasteiger partial charge in [-0.3, -0.25) is 12.5 Å².